The van der Waals surface area contributed by atoms with E-state index in [4.69, 9.17) is 41.9 Å². The second-order valence-corrected chi connectivity index (χ2v) is 28.6. The summed E-state index contributed by atoms with van der Waals surface area (Å²) < 4.78 is 82.7. The Morgan fingerprint density at radius 2 is 0.867 bits per heavy atom. The molecule has 5 rings (SSSR count). The van der Waals surface area contributed by atoms with Crippen molar-refractivity contribution in [2.45, 2.75) is 194 Å². The molecule has 0 unspecified atom stereocenters. The number of nitrogens with zero attached hydrogens (tertiary/aromatic N) is 4. The highest BCUT2D eigenvalue weighted by atomic mass is 32.2. The molecule has 2 atom stereocenters. The van der Waals surface area contributed by atoms with Crippen molar-refractivity contribution in [2.24, 2.45) is 21.5 Å². The van der Waals surface area contributed by atoms with Crippen molar-refractivity contribution in [3.05, 3.63) is 55.9 Å². The molecule has 2 aromatic carbocycles. The molecule has 3 aromatic rings. The number of carbonyl (C=O) groups is 6. The summed E-state index contributed by atoms with van der Waals surface area (Å²) in [5.41, 5.74) is 25.8. The van der Waals surface area contributed by atoms with E-state index in [1.807, 2.05) is 27.7 Å². The van der Waals surface area contributed by atoms with Crippen LogP contribution in [0.2, 0.25) is 0 Å². The number of hydrogen-bond acceptors (Lipinski definition) is 20. The van der Waals surface area contributed by atoms with E-state index >= 15 is 0 Å². The van der Waals surface area contributed by atoms with Gasteiger partial charge in [0, 0.05) is 63.2 Å². The quantitative estimate of drug-likeness (QED) is 0.0348. The zero-order valence-corrected chi connectivity index (χ0v) is 55.9. The van der Waals surface area contributed by atoms with Crippen LogP contribution in [0.25, 0.3) is 0 Å². The van der Waals surface area contributed by atoms with Crippen molar-refractivity contribution < 1.29 is 64.6 Å². The highest BCUT2D eigenvalue weighted by Gasteiger charge is 2.39. The van der Waals surface area contributed by atoms with Crippen LogP contribution in [0.15, 0.2) is 19.8 Å². The molecule has 2 aliphatic heterocycles. The fourth-order valence-corrected chi connectivity index (χ4v) is 13.1. The monoisotopic (exact) mass is 1300 g/mol. The lowest BCUT2D eigenvalue weighted by molar-refractivity contribution is -0.123. The van der Waals surface area contributed by atoms with Crippen LogP contribution < -0.4 is 73.8 Å². The summed E-state index contributed by atoms with van der Waals surface area (Å²) in [5, 5.41) is 15.3. The second kappa shape index (κ2) is 28.6. The number of rotatable bonds is 24. The minimum Gasteiger partial charge on any atom is -0.487 e. The van der Waals surface area contributed by atoms with E-state index in [9.17, 15) is 45.6 Å². The van der Waals surface area contributed by atoms with Gasteiger partial charge in [0.15, 0.2) is 23.0 Å². The molecule has 16 N–H and O–H groups in total. The van der Waals surface area contributed by atoms with E-state index in [0.717, 1.165) is 11.1 Å². The van der Waals surface area contributed by atoms with Crippen molar-refractivity contribution in [2.75, 3.05) is 50.7 Å². The van der Waals surface area contributed by atoms with Gasteiger partial charge in [-0.25, -0.2) is 45.8 Å². The summed E-state index contributed by atoms with van der Waals surface area (Å²) in [6.07, 6.45) is -0.658. The average molecular weight is 1300 g/mol. The van der Waals surface area contributed by atoms with Gasteiger partial charge in [-0.3, -0.25) is 29.2 Å². The highest BCUT2D eigenvalue weighted by Crippen LogP contribution is 2.45. The second-order valence-electron chi connectivity index (χ2n) is 25.3. The van der Waals surface area contributed by atoms with E-state index in [2.05, 4.69) is 61.3 Å². The fourth-order valence-electron chi connectivity index (χ4n) is 10.1. The molecule has 498 valence electrons. The van der Waals surface area contributed by atoms with E-state index in [1.165, 1.54) is 0 Å². The highest BCUT2D eigenvalue weighted by molar-refractivity contribution is 7.90. The number of nitrogens with one attached hydrogen (secondary N) is 8. The summed E-state index contributed by atoms with van der Waals surface area (Å²) in [6.45, 7) is 27.4. The molecule has 3 heterocycles. The smallest absolute Gasteiger partial charge is 0.407 e. The van der Waals surface area contributed by atoms with E-state index in [-0.39, 0.29) is 74.7 Å². The number of sulfonamides is 2. The first-order valence-electron chi connectivity index (χ1n) is 29.3. The van der Waals surface area contributed by atoms with Crippen LogP contribution in [0, 0.1) is 41.5 Å². The Bertz CT molecular complexity index is 3350. The number of anilines is 2. The Kier molecular flexibility index (Phi) is 23.0. The molecule has 1 aromatic heterocycles. The van der Waals surface area contributed by atoms with Crippen LogP contribution >= 0.6 is 0 Å². The first-order chi connectivity index (χ1) is 41.4. The van der Waals surface area contributed by atoms with Crippen molar-refractivity contribution in [3.63, 3.8) is 0 Å². The SMILES string of the molecule is Cc1c(C)c(S(=O)(=O)NC(N)=NCCC[C@H](NC(=O)c2nc(N)c(C(=O)N[C@@H](CCCN=C(N)NS(=O)(=O)c3c(C)c(C)c4c(c3C)CC(C)(C)O4)C(=O)NCCNC(=O)OC(C)(C)C)nc2N)C(=O)NCCNC(=O)OC(C)(C)C)c(C)c2c1OC(C)(C)C2. The van der Waals surface area contributed by atoms with Gasteiger partial charge in [-0.2, -0.15) is 0 Å². The van der Waals surface area contributed by atoms with Crippen LogP contribution in [0.3, 0.4) is 0 Å². The number of hydrogen-bond donors (Lipinski definition) is 12. The Hall–Kier alpha value is -8.42. The van der Waals surface area contributed by atoms with Gasteiger partial charge >= 0.3 is 12.2 Å². The van der Waals surface area contributed by atoms with Crippen LogP contribution in [0.5, 0.6) is 11.5 Å². The van der Waals surface area contributed by atoms with E-state index < -0.39 is 125 Å². The maximum Gasteiger partial charge on any atom is 0.407 e. The zero-order valence-electron chi connectivity index (χ0n) is 54.3. The topological polar surface area (TPSA) is 458 Å². The number of amides is 6. The molecule has 0 saturated heterocycles. The number of benzene rings is 2. The Morgan fingerprint density at radius 3 is 1.19 bits per heavy atom. The van der Waals surface area contributed by atoms with Crippen LogP contribution in [0.1, 0.15) is 160 Å². The molecule has 30 nitrogen and oxygen atoms in total. The van der Waals surface area contributed by atoms with E-state index in [1.54, 1.807) is 83.1 Å². The molecule has 2 aliphatic rings. The number of alkyl carbamates (subject to hydrolysis) is 2. The van der Waals surface area contributed by atoms with Crippen LogP contribution in [-0.2, 0) is 52.0 Å². The van der Waals surface area contributed by atoms with Gasteiger partial charge in [0.2, 0.25) is 23.7 Å². The number of nitrogen functional groups attached to an aromatic ring is 2. The third kappa shape index (κ3) is 19.3. The van der Waals surface area contributed by atoms with Gasteiger partial charge in [0.05, 0.1) is 9.79 Å². The predicted molar refractivity (Wildman–Crippen MR) is 338 cm³/mol. The van der Waals surface area contributed by atoms with Crippen molar-refractivity contribution in [1.82, 2.24) is 51.3 Å². The van der Waals surface area contributed by atoms with Crippen LogP contribution in [-0.4, -0.2) is 148 Å². The minimum atomic E-state index is -4.25. The molecule has 0 bridgehead atoms. The number of ether oxygens (including phenoxy) is 4. The lowest BCUT2D eigenvalue weighted by atomic mass is 9.94. The van der Waals surface area contributed by atoms with Gasteiger partial charge in [-0.05, 0) is 170 Å². The normalized spacial score (nSPS) is 15.2. The number of fused-ring (bicyclic) bond motifs is 2. The number of nitrogens with two attached hydrogens (primary N) is 4. The largest absolute Gasteiger partial charge is 0.487 e. The molecule has 32 heteroatoms. The summed E-state index contributed by atoms with van der Waals surface area (Å²) in [4.78, 5) is 96.5. The maximum atomic E-state index is 13.9. The Labute approximate surface area is 526 Å². The number of guanidine groups is 2. The first-order valence-corrected chi connectivity index (χ1v) is 32.2. The summed E-state index contributed by atoms with van der Waals surface area (Å²) in [6, 6.07) is -2.71. The van der Waals surface area contributed by atoms with Gasteiger partial charge in [-0.1, -0.05) is 0 Å². The number of carbonyl (C=O) groups excluding carboxylic acids is 6. The van der Waals surface area contributed by atoms with Crippen molar-refractivity contribution in [3.8, 4) is 11.5 Å². The lowest BCUT2D eigenvalue weighted by Crippen LogP contribution is -2.49. The van der Waals surface area contributed by atoms with Gasteiger partial charge < -0.3 is 73.8 Å². The molecule has 0 spiro atoms. The first kappa shape index (κ1) is 72.3. The number of aliphatic imine (C=N–C) groups is 2. The van der Waals surface area contributed by atoms with Gasteiger partial charge in [0.25, 0.3) is 31.9 Å². The fraction of sp³-hybridized carbons (Fsp3) is 0.586. The summed E-state index contributed by atoms with van der Waals surface area (Å²) in [5.74, 6) is -4.39. The third-order valence-corrected chi connectivity index (χ3v) is 17.5. The Balaban J connectivity index is 1.30. The Morgan fingerprint density at radius 1 is 0.544 bits per heavy atom. The molecule has 0 aliphatic carbocycles. The molecular weight excluding hydrogens is 1210 g/mol. The molecule has 0 radical (unpaired) electrons. The molecule has 90 heavy (non-hydrogen) atoms. The maximum absolute atomic E-state index is 13.9. The lowest BCUT2D eigenvalue weighted by Gasteiger charge is -2.21. The third-order valence-electron chi connectivity index (χ3n) is 14.3. The van der Waals surface area contributed by atoms with Gasteiger partial charge in [-0.15, -0.1) is 0 Å². The van der Waals surface area contributed by atoms with E-state index in [0.29, 0.717) is 57.7 Å². The zero-order chi connectivity index (χ0) is 67.8. The molecule has 0 fully saturated rings. The minimum absolute atomic E-state index is 0.0411. The van der Waals surface area contributed by atoms with Crippen LogP contribution in [0.4, 0.5) is 21.2 Å². The summed E-state index contributed by atoms with van der Waals surface area (Å²) in [7, 11) is -8.50. The van der Waals surface area contributed by atoms with Crippen molar-refractivity contribution >= 4 is 79.4 Å². The molecule has 0 saturated carbocycles. The van der Waals surface area contributed by atoms with Gasteiger partial charge in [0.1, 0.15) is 46.0 Å². The predicted octanol–water partition coefficient (Wildman–Crippen LogP) is 2.54. The standard InChI is InChI=1S/C58H90N16O14S2/c1-29-31(3)43(33(5)35-27-57(13,14)85-41(29)35)89(81,82)73-51(61)65-21-17-19-37(47(75)63-23-25-67-53(79)87-55(7,8)9)69-49(77)39-45(59)72-40(46(60)71-39)50(78)70-38(48(76)64-24-26-68-54(80)88-56(10,11)12)20-18-22-66-52(62)74-90(83,84)44-32(4)30(2)42-36(34(44)6)28-58(15,16)86-42/h37-38H,17-28H2,1-16H3,(H2,60,71)(H2,59,72)(H,63,75)(H,64,76)(H,67,79)(H,68,80)(H,69,77)(H,70,78)(H3,61,65,73)(H3,62,66,74)/t37-,38-/m0/s1. The average Bonchev–Trinajstić information content (AvgIpc) is 1.50. The summed E-state index contributed by atoms with van der Waals surface area (Å²) >= 11 is 0. The molecule has 6 amide bonds. The number of aromatic nitrogens is 2. The molecular formula is C58H90N16O14S2. The van der Waals surface area contributed by atoms with Crippen molar-refractivity contribution in [1.29, 1.82) is 0 Å².